The highest BCUT2D eigenvalue weighted by Gasteiger charge is 2.16. The van der Waals surface area contributed by atoms with Gasteiger partial charge in [0.2, 0.25) is 0 Å². The molecule has 0 unspecified atom stereocenters. The molecule has 0 aliphatic rings. The van der Waals surface area contributed by atoms with Crippen LogP contribution in [0.3, 0.4) is 0 Å². The summed E-state index contributed by atoms with van der Waals surface area (Å²) in [6.45, 7) is 7.80. The Bertz CT molecular complexity index is 935. The van der Waals surface area contributed by atoms with Crippen molar-refractivity contribution < 1.29 is 9.15 Å². The van der Waals surface area contributed by atoms with Gasteiger partial charge in [-0.05, 0) is 38.1 Å². The third-order valence-electron chi connectivity index (χ3n) is 3.76. The van der Waals surface area contributed by atoms with Gasteiger partial charge in [-0.3, -0.25) is 4.79 Å². The highest BCUT2D eigenvalue weighted by Crippen LogP contribution is 2.33. The van der Waals surface area contributed by atoms with Crippen LogP contribution in [-0.4, -0.2) is 6.61 Å². The molecule has 0 amide bonds. The number of rotatable bonds is 4. The second kappa shape index (κ2) is 6.13. The van der Waals surface area contributed by atoms with Gasteiger partial charge in [0.05, 0.1) is 10.9 Å². The molecule has 0 radical (unpaired) electrons. The first-order valence-electron chi connectivity index (χ1n) is 7.49. The van der Waals surface area contributed by atoms with E-state index in [0.717, 1.165) is 11.1 Å². The minimum atomic E-state index is -0.0107. The van der Waals surface area contributed by atoms with Crippen molar-refractivity contribution in [3.8, 4) is 17.1 Å². The van der Waals surface area contributed by atoms with Crippen molar-refractivity contribution in [2.75, 3.05) is 6.61 Å². The SMILES string of the molecule is C=CCOc1ccccc1-c1oc2ccc(C)cc2c(=O)c1C. The second-order valence-corrected chi connectivity index (χ2v) is 5.48. The van der Waals surface area contributed by atoms with E-state index in [-0.39, 0.29) is 5.43 Å². The summed E-state index contributed by atoms with van der Waals surface area (Å²) in [4.78, 5) is 12.7. The Morgan fingerprint density at radius 2 is 1.96 bits per heavy atom. The fourth-order valence-corrected chi connectivity index (χ4v) is 2.59. The maximum Gasteiger partial charge on any atom is 0.196 e. The Hall–Kier alpha value is -2.81. The molecule has 23 heavy (non-hydrogen) atoms. The van der Waals surface area contributed by atoms with Gasteiger partial charge in [0, 0.05) is 5.56 Å². The Kier molecular flexibility index (Phi) is 4.02. The van der Waals surface area contributed by atoms with Gasteiger partial charge in [-0.15, -0.1) is 0 Å². The summed E-state index contributed by atoms with van der Waals surface area (Å²) in [5.41, 5.74) is 2.96. The third kappa shape index (κ3) is 2.78. The lowest BCUT2D eigenvalue weighted by Crippen LogP contribution is -2.08. The second-order valence-electron chi connectivity index (χ2n) is 5.48. The van der Waals surface area contributed by atoms with Crippen molar-refractivity contribution in [3.63, 3.8) is 0 Å². The zero-order chi connectivity index (χ0) is 16.4. The monoisotopic (exact) mass is 306 g/mol. The van der Waals surface area contributed by atoms with E-state index in [9.17, 15) is 4.79 Å². The molecule has 3 aromatic rings. The molecular formula is C20H18O3. The average molecular weight is 306 g/mol. The molecular weight excluding hydrogens is 288 g/mol. The van der Waals surface area contributed by atoms with Gasteiger partial charge in [-0.1, -0.05) is 36.4 Å². The van der Waals surface area contributed by atoms with Gasteiger partial charge < -0.3 is 9.15 Å². The summed E-state index contributed by atoms with van der Waals surface area (Å²) >= 11 is 0. The van der Waals surface area contributed by atoms with Crippen LogP contribution in [0.5, 0.6) is 5.75 Å². The molecule has 0 saturated heterocycles. The largest absolute Gasteiger partial charge is 0.489 e. The molecule has 0 aliphatic carbocycles. The maximum atomic E-state index is 12.7. The normalized spacial score (nSPS) is 10.7. The van der Waals surface area contributed by atoms with Crippen LogP contribution in [0.2, 0.25) is 0 Å². The summed E-state index contributed by atoms with van der Waals surface area (Å²) in [6, 6.07) is 13.2. The number of aryl methyl sites for hydroxylation is 1. The summed E-state index contributed by atoms with van der Waals surface area (Å²) in [6.07, 6.45) is 1.68. The van der Waals surface area contributed by atoms with E-state index in [2.05, 4.69) is 6.58 Å². The van der Waals surface area contributed by atoms with Crippen molar-refractivity contribution in [3.05, 3.63) is 76.5 Å². The lowest BCUT2D eigenvalue weighted by atomic mass is 10.0. The minimum absolute atomic E-state index is 0.0107. The predicted molar refractivity (Wildman–Crippen MR) is 93.1 cm³/mol. The number of para-hydroxylation sites is 1. The molecule has 2 aromatic carbocycles. The number of ether oxygens (including phenoxy) is 1. The fourth-order valence-electron chi connectivity index (χ4n) is 2.59. The van der Waals surface area contributed by atoms with Gasteiger partial charge in [0.15, 0.2) is 5.43 Å². The van der Waals surface area contributed by atoms with E-state index in [0.29, 0.717) is 34.6 Å². The standard InChI is InChI=1S/C20H18O3/c1-4-11-22-17-8-6-5-7-15(17)20-14(3)19(21)16-12-13(2)9-10-18(16)23-20/h4-10,12H,1,11H2,2-3H3. The first-order chi connectivity index (χ1) is 11.1. The fraction of sp³-hybridized carbons (Fsp3) is 0.150. The highest BCUT2D eigenvalue weighted by molar-refractivity contribution is 5.82. The minimum Gasteiger partial charge on any atom is -0.489 e. The maximum absolute atomic E-state index is 12.7. The highest BCUT2D eigenvalue weighted by atomic mass is 16.5. The van der Waals surface area contributed by atoms with Crippen LogP contribution < -0.4 is 10.2 Å². The van der Waals surface area contributed by atoms with Gasteiger partial charge in [0.25, 0.3) is 0 Å². The summed E-state index contributed by atoms with van der Waals surface area (Å²) in [7, 11) is 0. The first kappa shape index (κ1) is 15.1. The molecule has 0 fully saturated rings. The molecule has 116 valence electrons. The average Bonchev–Trinajstić information content (AvgIpc) is 2.57. The number of benzene rings is 2. The number of hydrogen-bond acceptors (Lipinski definition) is 3. The quantitative estimate of drug-likeness (QED) is 0.659. The van der Waals surface area contributed by atoms with Crippen molar-refractivity contribution in [2.24, 2.45) is 0 Å². The smallest absolute Gasteiger partial charge is 0.196 e. The van der Waals surface area contributed by atoms with Crippen LogP contribution in [0, 0.1) is 13.8 Å². The van der Waals surface area contributed by atoms with E-state index in [4.69, 9.17) is 9.15 Å². The summed E-state index contributed by atoms with van der Waals surface area (Å²) in [5.74, 6) is 1.22. The van der Waals surface area contributed by atoms with E-state index >= 15 is 0 Å². The van der Waals surface area contributed by atoms with E-state index < -0.39 is 0 Å². The van der Waals surface area contributed by atoms with E-state index in [1.54, 1.807) is 13.0 Å². The van der Waals surface area contributed by atoms with Crippen LogP contribution >= 0.6 is 0 Å². The number of hydrogen-bond donors (Lipinski definition) is 0. The molecule has 0 aliphatic heterocycles. The van der Waals surface area contributed by atoms with Crippen LogP contribution in [0.15, 0.2) is 64.3 Å². The van der Waals surface area contributed by atoms with Crippen LogP contribution in [0.4, 0.5) is 0 Å². The van der Waals surface area contributed by atoms with Crippen LogP contribution in [0.1, 0.15) is 11.1 Å². The lowest BCUT2D eigenvalue weighted by Gasteiger charge is -2.12. The van der Waals surface area contributed by atoms with Gasteiger partial charge in [-0.2, -0.15) is 0 Å². The van der Waals surface area contributed by atoms with Crippen LogP contribution in [-0.2, 0) is 0 Å². The first-order valence-corrected chi connectivity index (χ1v) is 7.49. The van der Waals surface area contributed by atoms with Crippen molar-refractivity contribution >= 4 is 11.0 Å². The molecule has 3 rings (SSSR count). The van der Waals surface area contributed by atoms with Gasteiger partial charge >= 0.3 is 0 Å². The summed E-state index contributed by atoms with van der Waals surface area (Å²) in [5, 5.41) is 0.607. The van der Waals surface area contributed by atoms with Crippen LogP contribution in [0.25, 0.3) is 22.3 Å². The lowest BCUT2D eigenvalue weighted by molar-refractivity contribution is 0.363. The van der Waals surface area contributed by atoms with Gasteiger partial charge in [0.1, 0.15) is 23.7 Å². The van der Waals surface area contributed by atoms with Crippen molar-refractivity contribution in [1.82, 2.24) is 0 Å². The number of fused-ring (bicyclic) bond motifs is 1. The zero-order valence-electron chi connectivity index (χ0n) is 13.3. The molecule has 1 heterocycles. The predicted octanol–water partition coefficient (Wildman–Crippen LogP) is 4.64. The molecule has 0 N–H and O–H groups in total. The topological polar surface area (TPSA) is 39.4 Å². The molecule has 3 nitrogen and oxygen atoms in total. The van der Waals surface area contributed by atoms with E-state index in [1.165, 1.54) is 0 Å². The van der Waals surface area contributed by atoms with Gasteiger partial charge in [-0.25, -0.2) is 0 Å². The van der Waals surface area contributed by atoms with Crippen molar-refractivity contribution in [1.29, 1.82) is 0 Å². The molecule has 3 heteroatoms. The third-order valence-corrected chi connectivity index (χ3v) is 3.76. The van der Waals surface area contributed by atoms with E-state index in [1.807, 2.05) is 49.4 Å². The molecule has 0 atom stereocenters. The zero-order valence-corrected chi connectivity index (χ0v) is 13.3. The molecule has 1 aromatic heterocycles. The Labute approximate surface area is 134 Å². The Morgan fingerprint density at radius 1 is 1.17 bits per heavy atom. The summed E-state index contributed by atoms with van der Waals surface area (Å²) < 4.78 is 11.7. The Morgan fingerprint density at radius 3 is 2.74 bits per heavy atom. The Balaban J connectivity index is 2.25. The molecule has 0 bridgehead atoms. The molecule has 0 saturated carbocycles. The molecule has 0 spiro atoms. The van der Waals surface area contributed by atoms with Crippen molar-refractivity contribution in [2.45, 2.75) is 13.8 Å².